The van der Waals surface area contributed by atoms with Crippen molar-refractivity contribution in [2.45, 2.75) is 245 Å². The third kappa shape index (κ3) is 49.0. The summed E-state index contributed by atoms with van der Waals surface area (Å²) in [7, 11) is 1.84. The fourth-order valence-electron chi connectivity index (χ4n) is 7.23. The molecule has 320 valence electrons. The SMILES string of the molecule is CCCCCCCC(CCCCCC)CCCCCCCN(CCCCCCCC=O)CC(O)CO.CCCCCCCCC(CCC)OC.O=CO. The summed E-state index contributed by atoms with van der Waals surface area (Å²) in [6.45, 7) is 11.3. The van der Waals surface area contributed by atoms with Crippen molar-refractivity contribution in [3.8, 4) is 0 Å². The van der Waals surface area contributed by atoms with E-state index in [1.165, 1.54) is 180 Å². The Labute approximate surface area is 331 Å². The van der Waals surface area contributed by atoms with Gasteiger partial charge < -0.3 is 29.8 Å². The normalized spacial score (nSPS) is 12.8. The van der Waals surface area contributed by atoms with Gasteiger partial charge in [-0.15, -0.1) is 0 Å². The van der Waals surface area contributed by atoms with Crippen LogP contribution in [0.5, 0.6) is 0 Å². The summed E-state index contributed by atoms with van der Waals surface area (Å²) in [5, 5.41) is 26.1. The average molecular weight is 758 g/mol. The number of aliphatic hydroxyl groups excluding tert-OH is 2. The zero-order valence-corrected chi connectivity index (χ0v) is 36.4. The number of carbonyl (C=O) groups is 2. The Hall–Kier alpha value is -1.02. The second kappa shape index (κ2) is 51.0. The van der Waals surface area contributed by atoms with Crippen molar-refractivity contribution in [3.63, 3.8) is 0 Å². The smallest absolute Gasteiger partial charge is 0.290 e. The van der Waals surface area contributed by atoms with Crippen molar-refractivity contribution >= 4 is 12.8 Å². The van der Waals surface area contributed by atoms with Crippen molar-refractivity contribution in [2.24, 2.45) is 5.92 Å². The van der Waals surface area contributed by atoms with Crippen LogP contribution in [0.4, 0.5) is 0 Å². The molecule has 0 aromatic rings. The number of carbonyl (C=O) groups excluding carboxylic acids is 1. The summed E-state index contributed by atoms with van der Waals surface area (Å²) in [4.78, 5) is 21.1. The zero-order valence-electron chi connectivity index (χ0n) is 36.4. The molecule has 0 aromatic heterocycles. The van der Waals surface area contributed by atoms with E-state index in [0.717, 1.165) is 44.6 Å². The number of rotatable bonds is 40. The van der Waals surface area contributed by atoms with Crippen LogP contribution in [0.2, 0.25) is 0 Å². The van der Waals surface area contributed by atoms with Gasteiger partial charge in [0.25, 0.3) is 6.47 Å². The molecule has 7 nitrogen and oxygen atoms in total. The maximum absolute atomic E-state index is 10.4. The number of hydrogen-bond donors (Lipinski definition) is 3. The molecule has 0 aliphatic heterocycles. The van der Waals surface area contributed by atoms with E-state index >= 15 is 0 Å². The molecule has 0 rings (SSSR count). The quantitative estimate of drug-likeness (QED) is 0.0422. The van der Waals surface area contributed by atoms with E-state index < -0.39 is 6.10 Å². The third-order valence-electron chi connectivity index (χ3n) is 10.6. The lowest BCUT2D eigenvalue weighted by atomic mass is 9.89. The Morgan fingerprint density at radius 3 is 1.30 bits per heavy atom. The van der Waals surface area contributed by atoms with Crippen LogP contribution in [0.3, 0.4) is 0 Å². The first-order valence-electron chi connectivity index (χ1n) is 23.0. The minimum Gasteiger partial charge on any atom is -0.483 e. The number of ether oxygens (including phenoxy) is 1. The van der Waals surface area contributed by atoms with Gasteiger partial charge in [-0.25, -0.2) is 0 Å². The predicted molar refractivity (Wildman–Crippen MR) is 229 cm³/mol. The second-order valence-electron chi connectivity index (χ2n) is 15.6. The minimum absolute atomic E-state index is 0.152. The zero-order chi connectivity index (χ0) is 39.9. The molecule has 3 N–H and O–H groups in total. The fourth-order valence-corrected chi connectivity index (χ4v) is 7.23. The van der Waals surface area contributed by atoms with Gasteiger partial charge >= 0.3 is 0 Å². The number of nitrogens with zero attached hydrogens (tertiary/aromatic N) is 1. The maximum atomic E-state index is 10.4. The number of carboxylic acid groups (broad SMARTS) is 1. The number of hydrogen-bond acceptors (Lipinski definition) is 6. The van der Waals surface area contributed by atoms with Crippen molar-refractivity contribution in [1.82, 2.24) is 4.90 Å². The molecule has 0 saturated heterocycles. The van der Waals surface area contributed by atoms with Crippen LogP contribution in [0.1, 0.15) is 233 Å². The molecule has 0 heterocycles. The Morgan fingerprint density at radius 1 is 0.528 bits per heavy atom. The van der Waals surface area contributed by atoms with E-state index in [4.69, 9.17) is 14.6 Å². The monoisotopic (exact) mass is 758 g/mol. The molecule has 3 atom stereocenters. The third-order valence-corrected chi connectivity index (χ3v) is 10.6. The highest BCUT2D eigenvalue weighted by Crippen LogP contribution is 2.24. The first-order chi connectivity index (χ1) is 25.9. The van der Waals surface area contributed by atoms with Gasteiger partial charge in [0.15, 0.2) is 0 Å². The van der Waals surface area contributed by atoms with Crippen LogP contribution in [-0.4, -0.2) is 78.5 Å². The molecule has 0 aliphatic rings. The molecule has 0 fully saturated rings. The largest absolute Gasteiger partial charge is 0.483 e. The van der Waals surface area contributed by atoms with Crippen LogP contribution in [0, 0.1) is 5.92 Å². The van der Waals surface area contributed by atoms with Gasteiger partial charge in [-0.1, -0.05) is 195 Å². The van der Waals surface area contributed by atoms with Crippen LogP contribution in [0.25, 0.3) is 0 Å². The maximum Gasteiger partial charge on any atom is 0.290 e. The molecule has 0 aromatic carbocycles. The van der Waals surface area contributed by atoms with Crippen molar-refractivity contribution in [2.75, 3.05) is 33.4 Å². The van der Waals surface area contributed by atoms with Crippen LogP contribution < -0.4 is 0 Å². The highest BCUT2D eigenvalue weighted by atomic mass is 16.5. The fraction of sp³-hybridized carbons (Fsp3) is 0.957. The Balaban J connectivity index is -0.00000122. The molecule has 0 aliphatic carbocycles. The lowest BCUT2D eigenvalue weighted by molar-refractivity contribution is -0.122. The Morgan fingerprint density at radius 2 is 0.906 bits per heavy atom. The van der Waals surface area contributed by atoms with Gasteiger partial charge in [-0.05, 0) is 51.1 Å². The summed E-state index contributed by atoms with van der Waals surface area (Å²) in [5.74, 6) is 0.956. The molecule has 0 amide bonds. The van der Waals surface area contributed by atoms with E-state index in [-0.39, 0.29) is 13.1 Å². The minimum atomic E-state index is -0.631. The van der Waals surface area contributed by atoms with Crippen molar-refractivity contribution in [1.29, 1.82) is 0 Å². The van der Waals surface area contributed by atoms with Gasteiger partial charge in [0.1, 0.15) is 6.29 Å². The number of aliphatic hydroxyl groups is 2. The van der Waals surface area contributed by atoms with Crippen molar-refractivity contribution in [3.05, 3.63) is 0 Å². The van der Waals surface area contributed by atoms with Crippen LogP contribution in [-0.2, 0) is 14.3 Å². The summed E-state index contributed by atoms with van der Waals surface area (Å²) in [6, 6.07) is 0. The molecule has 0 radical (unpaired) electrons. The standard InChI is InChI=1S/C32H65NO3.C13H28O.CH2O2/c1-3-5-7-12-18-24-31(23-17-8-6-4-2)25-19-13-11-15-21-27-33(29-32(36)30-35)26-20-14-9-10-16-22-28-34;1-4-6-7-8-9-10-12-13(14-3)11-5-2;2-1-3/h28,31-32,35-36H,3-27,29-30H2,1-2H3;13H,4-12H2,1-3H3;1H,(H,2,3). The first-order valence-corrected chi connectivity index (χ1v) is 23.0. The summed E-state index contributed by atoms with van der Waals surface area (Å²) in [6.07, 6.45) is 42.8. The average Bonchev–Trinajstić information content (AvgIpc) is 3.16. The predicted octanol–water partition coefficient (Wildman–Crippen LogP) is 12.7. The van der Waals surface area contributed by atoms with E-state index in [9.17, 15) is 15.0 Å². The topological polar surface area (TPSA) is 107 Å². The molecule has 7 heteroatoms. The molecule has 0 spiro atoms. The lowest BCUT2D eigenvalue weighted by Gasteiger charge is -2.24. The van der Waals surface area contributed by atoms with Crippen molar-refractivity contribution < 1.29 is 29.6 Å². The van der Waals surface area contributed by atoms with Gasteiger partial charge in [0.05, 0.1) is 18.8 Å². The van der Waals surface area contributed by atoms with Gasteiger partial charge in [0, 0.05) is 20.1 Å². The van der Waals surface area contributed by atoms with E-state index in [2.05, 4.69) is 32.6 Å². The summed E-state index contributed by atoms with van der Waals surface area (Å²) >= 11 is 0. The molecule has 0 saturated carbocycles. The molecule has 3 unspecified atom stereocenters. The summed E-state index contributed by atoms with van der Waals surface area (Å²) in [5.41, 5.74) is 0. The van der Waals surface area contributed by atoms with Gasteiger partial charge in [-0.3, -0.25) is 4.79 Å². The Bertz CT molecular complexity index is 666. The van der Waals surface area contributed by atoms with Gasteiger partial charge in [0.2, 0.25) is 0 Å². The van der Waals surface area contributed by atoms with Crippen LogP contribution >= 0.6 is 0 Å². The van der Waals surface area contributed by atoms with E-state index in [1.807, 2.05) is 7.11 Å². The second-order valence-corrected chi connectivity index (χ2v) is 15.6. The highest BCUT2D eigenvalue weighted by Gasteiger charge is 2.12. The highest BCUT2D eigenvalue weighted by molar-refractivity contribution is 5.48. The number of aldehydes is 1. The lowest BCUT2D eigenvalue weighted by Crippen LogP contribution is -2.35. The summed E-state index contributed by atoms with van der Waals surface area (Å²) < 4.78 is 5.42. The van der Waals surface area contributed by atoms with Crippen LogP contribution in [0.15, 0.2) is 0 Å². The molecule has 0 bridgehead atoms. The first kappa shape index (κ1) is 56.3. The molecule has 53 heavy (non-hydrogen) atoms. The number of methoxy groups -OCH3 is 1. The number of unbranched alkanes of at least 4 members (excludes halogenated alkanes) is 21. The molecular weight excluding hydrogens is 663 g/mol. The Kier molecular flexibility index (Phi) is 54.2. The molecular formula is C46H95NO6. The van der Waals surface area contributed by atoms with Gasteiger partial charge in [-0.2, -0.15) is 0 Å². The van der Waals surface area contributed by atoms with E-state index in [0.29, 0.717) is 19.1 Å². The van der Waals surface area contributed by atoms with E-state index in [1.54, 1.807) is 0 Å².